The summed E-state index contributed by atoms with van der Waals surface area (Å²) in [6, 6.07) is 2.81. The molecule has 0 aliphatic heterocycles. The van der Waals surface area contributed by atoms with Crippen LogP contribution in [0.1, 0.15) is 16.3 Å². The van der Waals surface area contributed by atoms with Crippen LogP contribution in [0.5, 0.6) is 0 Å². The van der Waals surface area contributed by atoms with Gasteiger partial charge < -0.3 is 14.3 Å². The molecule has 1 aromatic rings. The van der Waals surface area contributed by atoms with E-state index < -0.39 is 11.9 Å². The van der Waals surface area contributed by atoms with Crippen molar-refractivity contribution in [2.75, 3.05) is 7.11 Å². The lowest BCUT2D eigenvalue weighted by molar-refractivity contribution is -0.136. The van der Waals surface area contributed by atoms with Crippen molar-refractivity contribution in [1.82, 2.24) is 0 Å². The monoisotopic (exact) mass is 184 g/mol. The van der Waals surface area contributed by atoms with E-state index in [4.69, 9.17) is 9.52 Å². The molecule has 1 rings (SSSR count). The highest BCUT2D eigenvalue weighted by Gasteiger charge is 2.12. The van der Waals surface area contributed by atoms with Crippen LogP contribution in [0.15, 0.2) is 16.5 Å². The van der Waals surface area contributed by atoms with Crippen LogP contribution in [0.25, 0.3) is 0 Å². The minimum atomic E-state index is -1.01. The Labute approximate surface area is 73.9 Å². The first-order valence-electron chi connectivity index (χ1n) is 3.52. The van der Waals surface area contributed by atoms with Gasteiger partial charge in [0, 0.05) is 0 Å². The molecule has 0 saturated heterocycles. The summed E-state index contributed by atoms with van der Waals surface area (Å²) in [6.07, 6.45) is -0.239. The predicted molar refractivity (Wildman–Crippen MR) is 41.4 cm³/mol. The van der Waals surface area contributed by atoms with Crippen LogP contribution >= 0.6 is 0 Å². The predicted octanol–water partition coefficient (Wildman–Crippen LogP) is 0.693. The number of ether oxygens (including phenoxy) is 1. The Kier molecular flexibility index (Phi) is 2.69. The number of carbonyl (C=O) groups excluding carboxylic acids is 1. The average Bonchev–Trinajstić information content (AvgIpc) is 2.50. The van der Waals surface area contributed by atoms with Gasteiger partial charge in [0.15, 0.2) is 0 Å². The number of rotatable bonds is 3. The van der Waals surface area contributed by atoms with Crippen molar-refractivity contribution in [3.05, 3.63) is 23.7 Å². The number of carboxylic acids is 1. The molecule has 0 fully saturated rings. The SMILES string of the molecule is COC(=O)c1ccc(CC(=O)O)o1. The zero-order chi connectivity index (χ0) is 9.84. The molecule has 0 atom stereocenters. The second-order valence-corrected chi connectivity index (χ2v) is 2.33. The Hall–Kier alpha value is -1.78. The highest BCUT2D eigenvalue weighted by atomic mass is 16.5. The van der Waals surface area contributed by atoms with Gasteiger partial charge in [-0.25, -0.2) is 4.79 Å². The highest BCUT2D eigenvalue weighted by molar-refractivity contribution is 5.86. The number of carbonyl (C=O) groups is 2. The Morgan fingerprint density at radius 3 is 2.77 bits per heavy atom. The zero-order valence-corrected chi connectivity index (χ0v) is 6.94. The van der Waals surface area contributed by atoms with Gasteiger partial charge in [0.1, 0.15) is 12.2 Å². The lowest BCUT2D eigenvalue weighted by Gasteiger charge is -1.92. The molecule has 0 aliphatic rings. The summed E-state index contributed by atoms with van der Waals surface area (Å²) in [5.41, 5.74) is 0. The number of hydrogen-bond acceptors (Lipinski definition) is 4. The molecule has 0 bridgehead atoms. The molecule has 1 N–H and O–H groups in total. The largest absolute Gasteiger partial charge is 0.481 e. The average molecular weight is 184 g/mol. The first-order valence-corrected chi connectivity index (χ1v) is 3.52. The second kappa shape index (κ2) is 3.75. The summed E-state index contributed by atoms with van der Waals surface area (Å²) >= 11 is 0. The fraction of sp³-hybridized carbons (Fsp3) is 0.250. The van der Waals surface area contributed by atoms with Gasteiger partial charge in [-0.15, -0.1) is 0 Å². The van der Waals surface area contributed by atoms with E-state index in [0.717, 1.165) is 0 Å². The third kappa shape index (κ3) is 2.33. The number of hydrogen-bond donors (Lipinski definition) is 1. The van der Waals surface area contributed by atoms with Gasteiger partial charge in [0.2, 0.25) is 5.76 Å². The topological polar surface area (TPSA) is 76.7 Å². The third-order valence-electron chi connectivity index (χ3n) is 1.37. The molecule has 70 valence electrons. The van der Waals surface area contributed by atoms with Crippen LogP contribution in [0, 0.1) is 0 Å². The van der Waals surface area contributed by atoms with Crippen molar-refractivity contribution in [2.24, 2.45) is 0 Å². The number of methoxy groups -OCH3 is 1. The maximum Gasteiger partial charge on any atom is 0.373 e. The Morgan fingerprint density at radius 2 is 2.23 bits per heavy atom. The Balaban J connectivity index is 2.74. The summed E-state index contributed by atoms with van der Waals surface area (Å²) in [6.45, 7) is 0. The van der Waals surface area contributed by atoms with Gasteiger partial charge in [-0.1, -0.05) is 0 Å². The fourth-order valence-electron chi connectivity index (χ4n) is 0.832. The van der Waals surface area contributed by atoms with Crippen molar-refractivity contribution in [3.8, 4) is 0 Å². The third-order valence-corrected chi connectivity index (χ3v) is 1.37. The van der Waals surface area contributed by atoms with E-state index in [1.54, 1.807) is 0 Å². The molecule has 0 unspecified atom stereocenters. The Bertz CT molecular complexity index is 325. The van der Waals surface area contributed by atoms with Crippen LogP contribution in [-0.4, -0.2) is 24.2 Å². The molecule has 5 heteroatoms. The second-order valence-electron chi connectivity index (χ2n) is 2.33. The molecular weight excluding hydrogens is 176 g/mol. The van der Waals surface area contributed by atoms with E-state index in [1.165, 1.54) is 19.2 Å². The van der Waals surface area contributed by atoms with Crippen molar-refractivity contribution < 1.29 is 23.8 Å². The van der Waals surface area contributed by atoms with Crippen molar-refractivity contribution in [3.63, 3.8) is 0 Å². The first-order chi connectivity index (χ1) is 6.13. The molecule has 0 aliphatic carbocycles. The summed E-state index contributed by atoms with van der Waals surface area (Å²) in [5.74, 6) is -1.38. The lowest BCUT2D eigenvalue weighted by atomic mass is 10.3. The van der Waals surface area contributed by atoms with Gasteiger partial charge in [0.05, 0.1) is 7.11 Å². The van der Waals surface area contributed by atoms with E-state index in [-0.39, 0.29) is 17.9 Å². The van der Waals surface area contributed by atoms with E-state index in [2.05, 4.69) is 4.74 Å². The quantitative estimate of drug-likeness (QED) is 0.699. The number of aliphatic carboxylic acids is 1. The molecule has 1 aromatic heterocycles. The summed E-state index contributed by atoms with van der Waals surface area (Å²) < 4.78 is 9.27. The van der Waals surface area contributed by atoms with Gasteiger partial charge in [-0.2, -0.15) is 0 Å². The number of furan rings is 1. The van der Waals surface area contributed by atoms with Gasteiger partial charge in [0.25, 0.3) is 0 Å². The molecule has 1 heterocycles. The molecule has 0 amide bonds. The molecule has 0 aromatic carbocycles. The van der Waals surface area contributed by atoms with Crippen LogP contribution in [0.2, 0.25) is 0 Å². The molecule has 0 radical (unpaired) electrons. The van der Waals surface area contributed by atoms with Gasteiger partial charge in [-0.05, 0) is 12.1 Å². The fourth-order valence-corrected chi connectivity index (χ4v) is 0.832. The summed E-state index contributed by atoms with van der Waals surface area (Å²) in [5, 5.41) is 8.40. The molecule has 5 nitrogen and oxygen atoms in total. The standard InChI is InChI=1S/C8H8O5/c1-12-8(11)6-3-2-5(13-6)4-7(9)10/h2-3H,4H2,1H3,(H,9,10). The first kappa shape index (κ1) is 9.31. The van der Waals surface area contributed by atoms with Crippen molar-refractivity contribution in [1.29, 1.82) is 0 Å². The zero-order valence-electron chi connectivity index (χ0n) is 6.94. The maximum atomic E-state index is 10.8. The number of carboxylic acid groups (broad SMARTS) is 1. The smallest absolute Gasteiger partial charge is 0.373 e. The minimum absolute atomic E-state index is 0.0127. The molecule has 13 heavy (non-hydrogen) atoms. The van der Waals surface area contributed by atoms with Crippen molar-refractivity contribution >= 4 is 11.9 Å². The lowest BCUT2D eigenvalue weighted by Crippen LogP contribution is -2.00. The van der Waals surface area contributed by atoms with Crippen LogP contribution in [-0.2, 0) is 16.0 Å². The summed E-state index contributed by atoms with van der Waals surface area (Å²) in [7, 11) is 1.22. The summed E-state index contributed by atoms with van der Waals surface area (Å²) in [4.78, 5) is 21.1. The van der Waals surface area contributed by atoms with E-state index in [1.807, 2.05) is 0 Å². The van der Waals surface area contributed by atoms with Gasteiger partial charge >= 0.3 is 11.9 Å². The van der Waals surface area contributed by atoms with Crippen molar-refractivity contribution in [2.45, 2.75) is 6.42 Å². The minimum Gasteiger partial charge on any atom is -0.481 e. The van der Waals surface area contributed by atoms with Crippen LogP contribution in [0.4, 0.5) is 0 Å². The highest BCUT2D eigenvalue weighted by Crippen LogP contribution is 2.09. The van der Waals surface area contributed by atoms with E-state index >= 15 is 0 Å². The van der Waals surface area contributed by atoms with E-state index in [0.29, 0.717) is 0 Å². The molecular formula is C8H8O5. The van der Waals surface area contributed by atoms with Crippen LogP contribution < -0.4 is 0 Å². The maximum absolute atomic E-state index is 10.8. The molecule has 0 spiro atoms. The Morgan fingerprint density at radius 1 is 1.54 bits per heavy atom. The van der Waals surface area contributed by atoms with Gasteiger partial charge in [-0.3, -0.25) is 4.79 Å². The number of esters is 1. The van der Waals surface area contributed by atoms with Crippen LogP contribution in [0.3, 0.4) is 0 Å². The normalized spacial score (nSPS) is 9.62. The van der Waals surface area contributed by atoms with E-state index in [9.17, 15) is 9.59 Å². The molecule has 0 saturated carbocycles.